The number of hydrogen-bond acceptors (Lipinski definition) is 6. The minimum atomic E-state index is 0.364. The number of nitrogen functional groups attached to an aromatic ring is 1. The molecule has 3 rings (SSSR count). The highest BCUT2D eigenvalue weighted by Crippen LogP contribution is 2.32. The maximum atomic E-state index is 5.86. The van der Waals surface area contributed by atoms with Gasteiger partial charge < -0.3 is 15.1 Å². The summed E-state index contributed by atoms with van der Waals surface area (Å²) in [6, 6.07) is 2.40. The van der Waals surface area contributed by atoms with Gasteiger partial charge in [0.15, 0.2) is 0 Å². The second-order valence-electron chi connectivity index (χ2n) is 5.52. The number of aryl methyl sites for hydroxylation is 1. The van der Waals surface area contributed by atoms with Gasteiger partial charge in [0.1, 0.15) is 17.5 Å². The highest BCUT2D eigenvalue weighted by molar-refractivity contribution is 5.50. The van der Waals surface area contributed by atoms with Crippen LogP contribution in [-0.2, 0) is 11.2 Å². The fourth-order valence-corrected chi connectivity index (χ4v) is 3.25. The minimum absolute atomic E-state index is 0.364. The summed E-state index contributed by atoms with van der Waals surface area (Å²) < 4.78 is 5.86. The highest BCUT2D eigenvalue weighted by Gasteiger charge is 2.36. The molecule has 3 N–H and O–H groups in total. The Bertz CT molecular complexity index is 467. The van der Waals surface area contributed by atoms with Crippen molar-refractivity contribution in [1.29, 1.82) is 0 Å². The van der Waals surface area contributed by atoms with Crippen LogP contribution in [0.25, 0.3) is 0 Å². The van der Waals surface area contributed by atoms with E-state index < -0.39 is 0 Å². The van der Waals surface area contributed by atoms with Crippen LogP contribution >= 0.6 is 0 Å². The Hall–Kier alpha value is -1.40. The van der Waals surface area contributed by atoms with Crippen LogP contribution in [0.1, 0.15) is 38.4 Å². The summed E-state index contributed by atoms with van der Waals surface area (Å²) in [7, 11) is 0. The number of aromatic nitrogens is 2. The quantitative estimate of drug-likeness (QED) is 0.641. The lowest BCUT2D eigenvalue weighted by atomic mass is 10.1. The van der Waals surface area contributed by atoms with Crippen LogP contribution in [0.4, 0.5) is 11.6 Å². The molecule has 2 aliphatic rings. The van der Waals surface area contributed by atoms with E-state index in [-0.39, 0.29) is 0 Å². The molecular formula is C14H23N5O. The monoisotopic (exact) mass is 277 g/mol. The van der Waals surface area contributed by atoms with Crippen molar-refractivity contribution in [3.63, 3.8) is 0 Å². The molecule has 1 saturated carbocycles. The number of nitrogens with two attached hydrogens (primary N) is 1. The van der Waals surface area contributed by atoms with E-state index in [9.17, 15) is 0 Å². The average Bonchev–Trinajstić information content (AvgIpc) is 2.95. The normalized spacial score (nSPS) is 25.6. The van der Waals surface area contributed by atoms with Gasteiger partial charge in [0.2, 0.25) is 0 Å². The van der Waals surface area contributed by atoms with E-state index in [0.717, 1.165) is 44.1 Å². The first-order valence-electron chi connectivity index (χ1n) is 7.54. The molecule has 0 amide bonds. The van der Waals surface area contributed by atoms with E-state index in [1.54, 1.807) is 0 Å². The molecule has 1 saturated heterocycles. The number of hydrazine groups is 1. The van der Waals surface area contributed by atoms with Crippen molar-refractivity contribution in [3.05, 3.63) is 11.9 Å². The predicted molar refractivity (Wildman–Crippen MR) is 78.6 cm³/mol. The Morgan fingerprint density at radius 1 is 1.45 bits per heavy atom. The van der Waals surface area contributed by atoms with Gasteiger partial charge in [-0.25, -0.2) is 15.8 Å². The number of hydrogen-bond donors (Lipinski definition) is 2. The molecule has 2 heterocycles. The van der Waals surface area contributed by atoms with E-state index in [0.29, 0.717) is 18.0 Å². The van der Waals surface area contributed by atoms with Gasteiger partial charge in [0, 0.05) is 19.0 Å². The standard InChI is InChI=1S/C14H23N5O/c1-2-4-12-16-13(18-15)9-14(17-12)19-7-8-20-11-6-3-5-10(11)19/h9-11H,2-8,15H2,1H3,(H,16,17,18). The lowest BCUT2D eigenvalue weighted by molar-refractivity contribution is 0.0253. The van der Waals surface area contributed by atoms with Gasteiger partial charge in [-0.3, -0.25) is 0 Å². The maximum Gasteiger partial charge on any atom is 0.145 e. The van der Waals surface area contributed by atoms with Gasteiger partial charge in [-0.2, -0.15) is 0 Å². The van der Waals surface area contributed by atoms with Crippen molar-refractivity contribution in [1.82, 2.24) is 9.97 Å². The van der Waals surface area contributed by atoms with Crippen LogP contribution in [0.3, 0.4) is 0 Å². The van der Waals surface area contributed by atoms with E-state index in [4.69, 9.17) is 15.6 Å². The second kappa shape index (κ2) is 5.93. The SMILES string of the molecule is CCCc1nc(NN)cc(N2CCOC3CCCC32)n1. The van der Waals surface area contributed by atoms with Crippen molar-refractivity contribution in [3.8, 4) is 0 Å². The number of rotatable bonds is 4. The van der Waals surface area contributed by atoms with Crippen LogP contribution in [0.5, 0.6) is 0 Å². The second-order valence-corrected chi connectivity index (χ2v) is 5.52. The Morgan fingerprint density at radius 3 is 3.15 bits per heavy atom. The summed E-state index contributed by atoms with van der Waals surface area (Å²) in [5.41, 5.74) is 2.66. The molecule has 2 atom stereocenters. The first kappa shape index (κ1) is 13.6. The van der Waals surface area contributed by atoms with Gasteiger partial charge in [-0.15, -0.1) is 0 Å². The van der Waals surface area contributed by atoms with Crippen molar-refractivity contribution < 1.29 is 4.74 Å². The van der Waals surface area contributed by atoms with Crippen molar-refractivity contribution in [2.45, 2.75) is 51.2 Å². The number of nitrogens with one attached hydrogen (secondary N) is 1. The minimum Gasteiger partial charge on any atom is -0.374 e. The Balaban J connectivity index is 1.89. The molecule has 110 valence electrons. The molecule has 1 aliphatic carbocycles. The summed E-state index contributed by atoms with van der Waals surface area (Å²) in [6.45, 7) is 3.81. The zero-order valence-corrected chi connectivity index (χ0v) is 12.0. The Morgan fingerprint density at radius 2 is 2.35 bits per heavy atom. The summed E-state index contributed by atoms with van der Waals surface area (Å²) in [5, 5.41) is 0. The molecule has 1 aliphatic heterocycles. The Labute approximate surface area is 119 Å². The molecule has 0 spiro atoms. The van der Waals surface area contributed by atoms with E-state index in [1.165, 1.54) is 12.8 Å². The molecule has 1 aromatic heterocycles. The molecule has 0 bridgehead atoms. The van der Waals surface area contributed by atoms with Gasteiger partial charge in [-0.1, -0.05) is 6.92 Å². The predicted octanol–water partition coefficient (Wildman–Crippen LogP) is 1.47. The molecule has 0 radical (unpaired) electrons. The highest BCUT2D eigenvalue weighted by atomic mass is 16.5. The third kappa shape index (κ3) is 2.58. The number of anilines is 2. The zero-order valence-electron chi connectivity index (χ0n) is 12.0. The first-order chi connectivity index (χ1) is 9.81. The van der Waals surface area contributed by atoms with Crippen molar-refractivity contribution in [2.75, 3.05) is 23.5 Å². The first-order valence-corrected chi connectivity index (χ1v) is 7.54. The van der Waals surface area contributed by atoms with Crippen LogP contribution in [-0.4, -0.2) is 35.3 Å². The molecule has 1 aromatic rings. The van der Waals surface area contributed by atoms with Gasteiger partial charge in [-0.05, 0) is 25.7 Å². The summed E-state index contributed by atoms with van der Waals surface area (Å²) in [4.78, 5) is 11.5. The third-order valence-electron chi connectivity index (χ3n) is 4.16. The number of fused-ring (bicyclic) bond motifs is 1. The van der Waals surface area contributed by atoms with Crippen molar-refractivity contribution in [2.24, 2.45) is 5.84 Å². The topological polar surface area (TPSA) is 76.3 Å². The van der Waals surface area contributed by atoms with Crippen LogP contribution in [0, 0.1) is 0 Å². The zero-order chi connectivity index (χ0) is 13.9. The van der Waals surface area contributed by atoms with Crippen LogP contribution in [0.15, 0.2) is 6.07 Å². The number of morpholine rings is 1. The summed E-state index contributed by atoms with van der Waals surface area (Å²) in [6.07, 6.45) is 5.85. The number of ether oxygens (including phenoxy) is 1. The van der Waals surface area contributed by atoms with E-state index in [2.05, 4.69) is 22.2 Å². The lowest BCUT2D eigenvalue weighted by Gasteiger charge is -2.38. The Kier molecular flexibility index (Phi) is 4.03. The molecule has 6 nitrogen and oxygen atoms in total. The van der Waals surface area contributed by atoms with Gasteiger partial charge in [0.25, 0.3) is 0 Å². The van der Waals surface area contributed by atoms with Crippen molar-refractivity contribution >= 4 is 11.6 Å². The molecule has 6 heteroatoms. The largest absolute Gasteiger partial charge is 0.374 e. The molecular weight excluding hydrogens is 254 g/mol. The maximum absolute atomic E-state index is 5.86. The average molecular weight is 277 g/mol. The molecule has 2 fully saturated rings. The lowest BCUT2D eigenvalue weighted by Crippen LogP contribution is -2.49. The summed E-state index contributed by atoms with van der Waals surface area (Å²) in [5.74, 6) is 8.07. The number of nitrogens with zero attached hydrogens (tertiary/aromatic N) is 3. The van der Waals surface area contributed by atoms with Gasteiger partial charge in [0.05, 0.1) is 18.8 Å². The fraction of sp³-hybridized carbons (Fsp3) is 0.714. The fourth-order valence-electron chi connectivity index (χ4n) is 3.25. The third-order valence-corrected chi connectivity index (χ3v) is 4.16. The van der Waals surface area contributed by atoms with E-state index >= 15 is 0 Å². The van der Waals surface area contributed by atoms with E-state index in [1.807, 2.05) is 6.07 Å². The van der Waals surface area contributed by atoms with Gasteiger partial charge >= 0.3 is 0 Å². The smallest absolute Gasteiger partial charge is 0.145 e. The molecule has 2 unspecified atom stereocenters. The summed E-state index contributed by atoms with van der Waals surface area (Å²) >= 11 is 0. The van der Waals surface area contributed by atoms with Crippen LogP contribution < -0.4 is 16.2 Å². The molecule has 20 heavy (non-hydrogen) atoms. The van der Waals surface area contributed by atoms with Crippen LogP contribution in [0.2, 0.25) is 0 Å². The molecule has 0 aromatic carbocycles.